The summed E-state index contributed by atoms with van der Waals surface area (Å²) in [6.07, 6.45) is 3.31. The standard InChI is InChI=1S/C22H22F2N4O/c23-18-5-8-20(24)17(12-18)14-28-11-1-2-16(13-28)22(29)26-19-6-3-15(4-7-19)21-9-10-25-27-21/h3-10,12,16H,1-2,11,13-14H2,(H,25,27)(H,26,29). The minimum Gasteiger partial charge on any atom is -0.326 e. The first kappa shape index (κ1) is 19.3. The van der Waals surface area contributed by atoms with Crippen molar-refractivity contribution >= 4 is 11.6 Å². The molecule has 29 heavy (non-hydrogen) atoms. The van der Waals surface area contributed by atoms with Gasteiger partial charge in [0.05, 0.1) is 11.6 Å². The summed E-state index contributed by atoms with van der Waals surface area (Å²) in [6, 6.07) is 12.9. The van der Waals surface area contributed by atoms with Crippen LogP contribution >= 0.6 is 0 Å². The van der Waals surface area contributed by atoms with Gasteiger partial charge in [0.25, 0.3) is 0 Å². The number of carbonyl (C=O) groups is 1. The van der Waals surface area contributed by atoms with Crippen LogP contribution in [0.15, 0.2) is 54.7 Å². The zero-order valence-corrected chi connectivity index (χ0v) is 15.9. The van der Waals surface area contributed by atoms with E-state index < -0.39 is 11.6 Å². The number of H-pyrrole nitrogens is 1. The van der Waals surface area contributed by atoms with Crippen molar-refractivity contribution in [2.75, 3.05) is 18.4 Å². The van der Waals surface area contributed by atoms with Gasteiger partial charge in [-0.15, -0.1) is 0 Å². The Morgan fingerprint density at radius 3 is 2.76 bits per heavy atom. The van der Waals surface area contributed by atoms with Crippen LogP contribution in [0, 0.1) is 17.6 Å². The molecule has 1 fully saturated rings. The van der Waals surface area contributed by atoms with Crippen molar-refractivity contribution in [1.29, 1.82) is 0 Å². The molecule has 7 heteroatoms. The van der Waals surface area contributed by atoms with E-state index >= 15 is 0 Å². The Morgan fingerprint density at radius 1 is 1.17 bits per heavy atom. The number of carbonyl (C=O) groups excluding carboxylic acids is 1. The van der Waals surface area contributed by atoms with Crippen molar-refractivity contribution in [3.63, 3.8) is 0 Å². The monoisotopic (exact) mass is 396 g/mol. The van der Waals surface area contributed by atoms with Crippen LogP contribution in [0.2, 0.25) is 0 Å². The van der Waals surface area contributed by atoms with E-state index in [1.54, 1.807) is 6.20 Å². The highest BCUT2D eigenvalue weighted by Gasteiger charge is 2.26. The predicted molar refractivity (Wildman–Crippen MR) is 107 cm³/mol. The third-order valence-electron chi connectivity index (χ3n) is 5.24. The summed E-state index contributed by atoms with van der Waals surface area (Å²) in [5.74, 6) is -1.11. The van der Waals surface area contributed by atoms with Crippen LogP contribution in [0.4, 0.5) is 14.5 Å². The molecule has 1 aromatic heterocycles. The van der Waals surface area contributed by atoms with Crippen LogP contribution in [0.1, 0.15) is 18.4 Å². The van der Waals surface area contributed by atoms with Crippen LogP contribution in [-0.2, 0) is 11.3 Å². The molecule has 2 heterocycles. The Labute approximate surface area is 167 Å². The second-order valence-corrected chi connectivity index (χ2v) is 7.35. The lowest BCUT2D eigenvalue weighted by atomic mass is 9.96. The number of anilines is 1. The first-order valence-electron chi connectivity index (χ1n) is 9.65. The normalized spacial score (nSPS) is 17.2. The second kappa shape index (κ2) is 8.53. The van der Waals surface area contributed by atoms with Crippen LogP contribution in [0.3, 0.4) is 0 Å². The fourth-order valence-corrected chi connectivity index (χ4v) is 3.71. The lowest BCUT2D eigenvalue weighted by molar-refractivity contribution is -0.121. The van der Waals surface area contributed by atoms with Crippen molar-refractivity contribution in [2.45, 2.75) is 19.4 Å². The number of aromatic nitrogens is 2. The van der Waals surface area contributed by atoms with Gasteiger partial charge >= 0.3 is 0 Å². The summed E-state index contributed by atoms with van der Waals surface area (Å²) in [5, 5.41) is 9.80. The van der Waals surface area contributed by atoms with Gasteiger partial charge in [-0.1, -0.05) is 12.1 Å². The van der Waals surface area contributed by atoms with Crippen LogP contribution in [0.25, 0.3) is 11.3 Å². The Balaban J connectivity index is 1.36. The maximum Gasteiger partial charge on any atom is 0.228 e. The number of amides is 1. The summed E-state index contributed by atoms with van der Waals surface area (Å²) in [6.45, 7) is 1.58. The third-order valence-corrected chi connectivity index (χ3v) is 5.24. The average Bonchev–Trinajstić information content (AvgIpc) is 3.26. The molecule has 5 nitrogen and oxygen atoms in total. The smallest absolute Gasteiger partial charge is 0.228 e. The van der Waals surface area contributed by atoms with Crippen LogP contribution in [-0.4, -0.2) is 34.1 Å². The Kier molecular flexibility index (Phi) is 5.67. The molecule has 1 atom stereocenters. The number of nitrogens with zero attached hydrogens (tertiary/aromatic N) is 2. The Morgan fingerprint density at radius 2 is 2.00 bits per heavy atom. The molecule has 0 saturated carbocycles. The van der Waals surface area contributed by atoms with Gasteiger partial charge in [0.1, 0.15) is 11.6 Å². The molecular weight excluding hydrogens is 374 g/mol. The zero-order valence-electron chi connectivity index (χ0n) is 15.9. The predicted octanol–water partition coefficient (Wildman–Crippen LogP) is 4.21. The number of aromatic amines is 1. The molecule has 0 spiro atoms. The summed E-state index contributed by atoms with van der Waals surface area (Å²) in [4.78, 5) is 14.7. The molecule has 1 aliphatic rings. The summed E-state index contributed by atoms with van der Waals surface area (Å²) >= 11 is 0. The number of benzene rings is 2. The molecule has 1 unspecified atom stereocenters. The summed E-state index contributed by atoms with van der Waals surface area (Å²) in [5.41, 5.74) is 2.95. The molecule has 0 radical (unpaired) electrons. The Bertz CT molecular complexity index is 973. The highest BCUT2D eigenvalue weighted by Crippen LogP contribution is 2.23. The molecule has 1 amide bonds. The maximum absolute atomic E-state index is 13.9. The molecule has 4 rings (SSSR count). The van der Waals surface area contributed by atoms with Crippen molar-refractivity contribution in [1.82, 2.24) is 15.1 Å². The van der Waals surface area contributed by atoms with Gasteiger partial charge < -0.3 is 5.32 Å². The van der Waals surface area contributed by atoms with Crippen molar-refractivity contribution in [3.8, 4) is 11.3 Å². The lowest BCUT2D eigenvalue weighted by Gasteiger charge is -2.32. The van der Waals surface area contributed by atoms with Gasteiger partial charge in [0, 0.05) is 30.5 Å². The van der Waals surface area contributed by atoms with Gasteiger partial charge in [-0.05, 0) is 61.3 Å². The number of nitrogens with one attached hydrogen (secondary N) is 2. The van der Waals surface area contributed by atoms with Crippen LogP contribution < -0.4 is 5.32 Å². The Hall–Kier alpha value is -3.06. The SMILES string of the molecule is O=C(Nc1ccc(-c2ccn[nH]2)cc1)C1CCCN(Cc2cc(F)ccc2F)C1. The van der Waals surface area contributed by atoms with E-state index in [-0.39, 0.29) is 11.8 Å². The van der Waals surface area contributed by atoms with E-state index in [0.717, 1.165) is 48.5 Å². The zero-order chi connectivity index (χ0) is 20.2. The van der Waals surface area contributed by atoms with E-state index in [9.17, 15) is 13.6 Å². The molecule has 3 aromatic rings. The molecule has 2 aromatic carbocycles. The highest BCUT2D eigenvalue weighted by atomic mass is 19.1. The maximum atomic E-state index is 13.9. The first-order chi connectivity index (χ1) is 14.1. The largest absolute Gasteiger partial charge is 0.326 e. The van der Waals surface area contributed by atoms with Crippen molar-refractivity contribution < 1.29 is 13.6 Å². The van der Waals surface area contributed by atoms with Gasteiger partial charge in [-0.3, -0.25) is 14.8 Å². The van der Waals surface area contributed by atoms with Crippen molar-refractivity contribution in [3.05, 3.63) is 71.9 Å². The molecular formula is C22H22F2N4O. The van der Waals surface area contributed by atoms with Gasteiger partial charge in [-0.25, -0.2) is 8.78 Å². The number of rotatable bonds is 5. The van der Waals surface area contributed by atoms with Gasteiger partial charge in [0.2, 0.25) is 5.91 Å². The van der Waals surface area contributed by atoms with Gasteiger partial charge in [-0.2, -0.15) is 5.10 Å². The fourth-order valence-electron chi connectivity index (χ4n) is 3.71. The molecule has 0 aliphatic carbocycles. The fraction of sp³-hybridized carbons (Fsp3) is 0.273. The first-order valence-corrected chi connectivity index (χ1v) is 9.65. The summed E-state index contributed by atoms with van der Waals surface area (Å²) in [7, 11) is 0. The number of hydrogen-bond donors (Lipinski definition) is 2. The number of hydrogen-bond acceptors (Lipinski definition) is 3. The number of halogens is 2. The average molecular weight is 396 g/mol. The van der Waals surface area contributed by atoms with Crippen LogP contribution in [0.5, 0.6) is 0 Å². The molecule has 0 bridgehead atoms. The van der Waals surface area contributed by atoms with E-state index in [2.05, 4.69) is 15.5 Å². The molecule has 2 N–H and O–H groups in total. The van der Waals surface area contributed by atoms with Gasteiger partial charge in [0.15, 0.2) is 0 Å². The summed E-state index contributed by atoms with van der Waals surface area (Å²) < 4.78 is 27.3. The third kappa shape index (κ3) is 4.68. The van der Waals surface area contributed by atoms with E-state index in [0.29, 0.717) is 18.7 Å². The van der Waals surface area contributed by atoms with E-state index in [1.807, 2.05) is 35.2 Å². The topological polar surface area (TPSA) is 61.0 Å². The van der Waals surface area contributed by atoms with E-state index in [1.165, 1.54) is 6.07 Å². The molecule has 1 saturated heterocycles. The highest BCUT2D eigenvalue weighted by molar-refractivity contribution is 5.93. The van der Waals surface area contributed by atoms with E-state index in [4.69, 9.17) is 0 Å². The number of likely N-dealkylation sites (tertiary alicyclic amines) is 1. The quantitative estimate of drug-likeness (QED) is 0.679. The number of piperidine rings is 1. The molecule has 150 valence electrons. The van der Waals surface area contributed by atoms with Crippen molar-refractivity contribution in [2.24, 2.45) is 5.92 Å². The molecule has 1 aliphatic heterocycles. The minimum atomic E-state index is -0.453. The minimum absolute atomic E-state index is 0.0521. The lowest BCUT2D eigenvalue weighted by Crippen LogP contribution is -2.40. The second-order valence-electron chi connectivity index (χ2n) is 7.35.